The molecule has 4 amide bonds. The molecule has 5 heterocycles. The molecule has 0 fully saturated rings. The smallest absolute Gasteiger partial charge is 0.257 e. The van der Waals surface area contributed by atoms with E-state index in [9.17, 15) is 73.5 Å². The van der Waals surface area contributed by atoms with E-state index in [4.69, 9.17) is 27.9 Å². The molecule has 0 saturated heterocycles. The van der Waals surface area contributed by atoms with Gasteiger partial charge >= 0.3 is 0 Å². The summed E-state index contributed by atoms with van der Waals surface area (Å²) >= 11 is 12.9. The summed E-state index contributed by atoms with van der Waals surface area (Å²) in [4.78, 5) is 128. The number of rotatable bonds is 24. The summed E-state index contributed by atoms with van der Waals surface area (Å²) in [6, 6.07) is 44.3. The Morgan fingerprint density at radius 3 is 0.863 bits per heavy atom. The van der Waals surface area contributed by atoms with Gasteiger partial charge in [0.05, 0.1) is 6.54 Å². The normalized spacial score (nSPS) is 11.2. The third-order valence-corrected chi connectivity index (χ3v) is 20.0. The van der Waals surface area contributed by atoms with Crippen molar-refractivity contribution >= 4 is 157 Å². The summed E-state index contributed by atoms with van der Waals surface area (Å²) in [6.07, 6.45) is 4.66. The molecule has 0 aliphatic carbocycles. The van der Waals surface area contributed by atoms with E-state index in [1.54, 1.807) is 91.9 Å². The second-order valence-corrected chi connectivity index (χ2v) is 30.4. The van der Waals surface area contributed by atoms with Crippen LogP contribution in [0.25, 0.3) is 0 Å². The highest BCUT2D eigenvalue weighted by molar-refractivity contribution is 9.11. The number of hydrogen-bond donors (Lipinski definition) is 9. The lowest BCUT2D eigenvalue weighted by molar-refractivity contribution is 0.0980. The molecule has 0 bridgehead atoms. The summed E-state index contributed by atoms with van der Waals surface area (Å²) in [7, 11) is 1.95. The Balaban J connectivity index is 0.000000173. The van der Waals surface area contributed by atoms with E-state index in [0.717, 1.165) is 77.5 Å². The van der Waals surface area contributed by atoms with Crippen molar-refractivity contribution in [1.29, 1.82) is 16.2 Å². The fourth-order valence-electron chi connectivity index (χ4n) is 11.7. The number of pyridine rings is 4. The van der Waals surface area contributed by atoms with Crippen molar-refractivity contribution < 1.29 is 78.3 Å². The van der Waals surface area contributed by atoms with Crippen LogP contribution in [-0.4, -0.2) is 115 Å². The van der Waals surface area contributed by atoms with Crippen LogP contribution in [0.5, 0.6) is 0 Å². The van der Waals surface area contributed by atoms with Crippen molar-refractivity contribution in [3.8, 4) is 0 Å². The van der Waals surface area contributed by atoms with Gasteiger partial charge in [-0.2, -0.15) is 5.90 Å². The molecule has 12 aromatic rings. The minimum atomic E-state index is -1.21. The molecule has 1 aliphatic rings. The molecule has 36 heteroatoms. The fraction of sp³-hybridized carbons (Fsp3) is 0.0909. The number of hydrogen-bond acceptors (Lipinski definition) is 19. The van der Waals surface area contributed by atoms with Crippen LogP contribution in [0.4, 0.5) is 58.4 Å². The summed E-state index contributed by atoms with van der Waals surface area (Å²) in [5, 5.41) is 32.5. The number of carbonyl (C=O) groups excluding carboxylic acids is 8. The number of aromatic nitrogens is 4. The van der Waals surface area contributed by atoms with Crippen LogP contribution in [0.2, 0.25) is 0 Å². The van der Waals surface area contributed by atoms with E-state index in [1.165, 1.54) is 85.5 Å². The first-order chi connectivity index (χ1) is 59.1. The zero-order chi connectivity index (χ0) is 89.8. The van der Waals surface area contributed by atoms with Crippen LogP contribution in [-0.2, 0) is 30.5 Å². The van der Waals surface area contributed by atoms with Gasteiger partial charge in [0, 0.05) is 149 Å². The Morgan fingerprint density at radius 2 is 0.629 bits per heavy atom. The highest BCUT2D eigenvalue weighted by atomic mass is 79.9. The molecular formula is C88H65Br4F8N15O9. The fourth-order valence-corrected chi connectivity index (χ4v) is 12.6. The first-order valence-electron chi connectivity index (χ1n) is 36.4. The van der Waals surface area contributed by atoms with E-state index in [1.807, 2.05) is 11.9 Å². The number of likely N-dealkylation sites (N-methyl/N-ethyl adjacent to an activating group) is 1. The molecule has 11 N–H and O–H groups in total. The number of Topliss-reactive ketones (excluding diaryl/α,β-unsaturated/α-hetero) is 4. The number of nitrogens with two attached hydrogens (primary N) is 2. The van der Waals surface area contributed by atoms with E-state index >= 15 is 0 Å². The maximum atomic E-state index is 14.0. The van der Waals surface area contributed by atoms with Crippen molar-refractivity contribution in [2.24, 2.45) is 16.6 Å². The topological polar surface area (TPSA) is 385 Å². The summed E-state index contributed by atoms with van der Waals surface area (Å²) in [5.41, 5.74) is 8.90. The van der Waals surface area contributed by atoms with Gasteiger partial charge in [-0.1, -0.05) is 84.9 Å². The Morgan fingerprint density at radius 1 is 0.379 bits per heavy atom. The van der Waals surface area contributed by atoms with E-state index < -0.39 is 81.7 Å². The van der Waals surface area contributed by atoms with Crippen LogP contribution in [0, 0.1) is 62.8 Å². The van der Waals surface area contributed by atoms with Crippen LogP contribution < -0.4 is 32.9 Å². The number of nitrogens with zero attached hydrogens (tertiary/aromatic N) is 6. The maximum absolute atomic E-state index is 14.0. The molecule has 4 aromatic heterocycles. The van der Waals surface area contributed by atoms with Gasteiger partial charge in [-0.05, 0) is 208 Å². The number of anilines is 4. The SMILES string of the molecule is CC(=N)c1ccc(C(=O)Cc2cc(F)c(F)cc2C(=O)Nc2ccc(Br)cn2)cc1.CN1CCN=C1c1ccc(C(=O)Cc2cc(F)c(F)cc2C(=O)Nc2ccc(Br)cn2)cc1.N=C(N)c1ccc(C(=O)Cc2cc(F)c(F)cc2C(=O)Nc2ccc(Br)cn2)cc1.N=C(ON)c1ccc(C(=O)Cc2cc(F)c(F)cc2C(=O)Nc2ccc(Br)cn2)cc1. The lowest BCUT2D eigenvalue weighted by Gasteiger charge is -2.14. The Kier molecular flexibility index (Phi) is 31.9. The van der Waals surface area contributed by atoms with Gasteiger partial charge in [0.15, 0.2) is 69.7 Å². The molecule has 1 aliphatic heterocycles. The number of nitrogens with one attached hydrogen (secondary N) is 7. The van der Waals surface area contributed by atoms with E-state index in [2.05, 4.69) is 115 Å². The van der Waals surface area contributed by atoms with Crippen molar-refractivity contribution in [1.82, 2.24) is 24.8 Å². The largest absolute Gasteiger partial charge is 0.391 e. The first-order valence-corrected chi connectivity index (χ1v) is 39.5. The van der Waals surface area contributed by atoms with Gasteiger partial charge in [-0.3, -0.25) is 54.2 Å². The van der Waals surface area contributed by atoms with Gasteiger partial charge in [0.1, 0.15) is 34.9 Å². The second-order valence-electron chi connectivity index (χ2n) is 26.8. The highest BCUT2D eigenvalue weighted by Gasteiger charge is 2.26. The van der Waals surface area contributed by atoms with E-state index in [0.29, 0.717) is 46.9 Å². The predicted molar refractivity (Wildman–Crippen MR) is 463 cm³/mol. The first kappa shape index (κ1) is 92.6. The van der Waals surface area contributed by atoms with E-state index in [-0.39, 0.29) is 128 Å². The van der Waals surface area contributed by atoms with Crippen molar-refractivity contribution in [3.05, 3.63) is 372 Å². The summed E-state index contributed by atoms with van der Waals surface area (Å²) in [6.45, 7) is 3.19. The molecule has 0 saturated carbocycles. The number of amidine groups is 2. The molecule has 8 aromatic carbocycles. The van der Waals surface area contributed by atoms with Gasteiger partial charge in [0.25, 0.3) is 23.6 Å². The molecule has 24 nitrogen and oxygen atoms in total. The van der Waals surface area contributed by atoms with Gasteiger partial charge < -0.3 is 42.1 Å². The summed E-state index contributed by atoms with van der Waals surface area (Å²) < 4.78 is 114. The molecule has 0 spiro atoms. The van der Waals surface area contributed by atoms with Crippen molar-refractivity contribution in [2.75, 3.05) is 41.4 Å². The third kappa shape index (κ3) is 25.2. The van der Waals surface area contributed by atoms with Crippen molar-refractivity contribution in [3.63, 3.8) is 0 Å². The zero-order valence-corrected chi connectivity index (χ0v) is 70.9. The number of amides is 4. The third-order valence-electron chi connectivity index (χ3n) is 18.1. The van der Waals surface area contributed by atoms with Gasteiger partial charge in [-0.25, -0.2) is 55.1 Å². The molecule has 124 heavy (non-hydrogen) atoms. The van der Waals surface area contributed by atoms with Gasteiger partial charge in [-0.15, -0.1) is 0 Å². The van der Waals surface area contributed by atoms with Crippen LogP contribution in [0.3, 0.4) is 0 Å². The number of benzene rings is 8. The van der Waals surface area contributed by atoms with Crippen LogP contribution in [0.15, 0.2) is 242 Å². The monoisotopic (exact) mass is 1940 g/mol. The zero-order valence-electron chi connectivity index (χ0n) is 64.6. The quantitative estimate of drug-likeness (QED) is 0.00892. The van der Waals surface area contributed by atoms with Crippen LogP contribution in [0.1, 0.15) is 134 Å². The second kappa shape index (κ2) is 42.7. The van der Waals surface area contributed by atoms with Gasteiger partial charge in [0.2, 0.25) is 5.90 Å². The number of ketones is 4. The average Bonchev–Trinajstić information content (AvgIpc) is 0.851. The number of carbonyl (C=O) groups is 8. The average molecular weight is 1950 g/mol. The number of nitrogen functional groups attached to an aromatic ring is 1. The minimum Gasteiger partial charge on any atom is -0.391 e. The molecule has 13 rings (SSSR count). The molecule has 630 valence electrons. The standard InChI is InChI=1S/C24H19BrF2N4O2.C22H16BrF2N3O2.C21H15BrF2N4O3.C21H15BrF2N4O2/c1-31-9-8-28-23(31)15-4-2-14(3-5-15)21(32)11-16-10-19(26)20(27)12-18(16)24(33)30-22-7-6-17(25)13-29-22;1-12(26)13-2-4-14(5-3-13)20(29)9-15-8-18(24)19(25)10-17(15)22(30)28-21-7-6-16(23)11-27-21;22-14-5-6-19(27-10-14)28-21(30)15-9-17(24)16(23)7-13(15)8-18(29)11-1-3-12(4-2-11)20(25)31-26;22-14-5-6-19(27-10-14)28-21(30)15-9-17(24)16(23)7-13(15)8-18(29)11-1-3-12(4-2-11)20(25)26/h2-7,10,12-13H,8-9,11H2,1H3,(H,29,30,33);2-8,10-11,26H,9H2,1H3,(H,27,28,30);1-7,9-10,25H,8,26H2,(H,27,28,30);1-7,9-10H,8H2,(H3,25,26)(H,27,28,30). The highest BCUT2D eigenvalue weighted by Crippen LogP contribution is 2.27. The Hall–Kier alpha value is -13.7. The molecule has 0 unspecified atom stereocenters. The predicted octanol–water partition coefficient (Wildman–Crippen LogP) is 17.8. The minimum absolute atomic E-state index is 0.0145. The lowest BCUT2D eigenvalue weighted by atomic mass is 9.97. The molecular weight excluding hydrogens is 1880 g/mol. The Bertz CT molecular complexity index is 5970. The number of aliphatic imine (C=N–C) groups is 1. The lowest BCUT2D eigenvalue weighted by Crippen LogP contribution is -2.23. The molecule has 0 radical (unpaired) electrons. The van der Waals surface area contributed by atoms with Crippen LogP contribution >= 0.6 is 63.7 Å². The maximum Gasteiger partial charge on any atom is 0.257 e. The number of halogens is 12. The van der Waals surface area contributed by atoms with Crippen molar-refractivity contribution in [2.45, 2.75) is 32.6 Å². The Labute approximate surface area is 734 Å². The summed E-state index contributed by atoms with van der Waals surface area (Å²) in [5.74, 6) is -7.55. The molecule has 0 atom stereocenters.